The third-order valence-electron chi connectivity index (χ3n) is 4.23. The van der Waals surface area contributed by atoms with E-state index in [1.165, 1.54) is 11.3 Å². The van der Waals surface area contributed by atoms with Crippen LogP contribution in [0.3, 0.4) is 0 Å². The van der Waals surface area contributed by atoms with Gasteiger partial charge in [-0.2, -0.15) is 0 Å². The molecular weight excluding hydrogens is 318 g/mol. The number of hydrogen-bond acceptors (Lipinski definition) is 3. The fraction of sp³-hybridized carbons (Fsp3) is 0.304. The van der Waals surface area contributed by atoms with Gasteiger partial charge in [-0.05, 0) is 42.2 Å². The highest BCUT2D eigenvalue weighted by atomic mass is 15.1. The Hall–Kier alpha value is -2.52. The maximum atomic E-state index is 4.87. The van der Waals surface area contributed by atoms with Gasteiger partial charge in [0.2, 0.25) is 0 Å². The van der Waals surface area contributed by atoms with Crippen LogP contribution in [0.4, 0.5) is 0 Å². The molecule has 3 nitrogen and oxygen atoms in total. The summed E-state index contributed by atoms with van der Waals surface area (Å²) in [4.78, 5) is 11.8. The van der Waals surface area contributed by atoms with Crippen LogP contribution in [0.2, 0.25) is 0 Å². The summed E-state index contributed by atoms with van der Waals surface area (Å²) in [6.07, 6.45) is 2.88. The Labute approximate surface area is 156 Å². The zero-order valence-corrected chi connectivity index (χ0v) is 15.7. The van der Waals surface area contributed by atoms with Crippen LogP contribution in [-0.4, -0.2) is 14.9 Å². The molecule has 3 aromatic rings. The Balaban J connectivity index is 1.76. The van der Waals surface area contributed by atoms with E-state index in [9.17, 15) is 0 Å². The van der Waals surface area contributed by atoms with Crippen molar-refractivity contribution in [2.24, 2.45) is 5.92 Å². The van der Waals surface area contributed by atoms with Crippen molar-refractivity contribution in [3.05, 3.63) is 95.6 Å². The van der Waals surface area contributed by atoms with Gasteiger partial charge in [-0.1, -0.05) is 56.3 Å². The van der Waals surface area contributed by atoms with Crippen LogP contribution in [0.15, 0.2) is 72.9 Å². The smallest absolute Gasteiger partial charge is 0.0547 e. The molecule has 0 aliphatic carbocycles. The van der Waals surface area contributed by atoms with E-state index >= 15 is 0 Å². The van der Waals surface area contributed by atoms with E-state index in [4.69, 9.17) is 4.98 Å². The standard InChI is InChI=1S/C23H27N3/c1-19(2)15-21-12-8-13-23(25-21)18-26(16-20-9-4-3-5-10-20)17-22-11-6-7-14-24-22/h3-14,19H,15-18H2,1-2H3. The molecule has 0 N–H and O–H groups in total. The van der Waals surface area contributed by atoms with Crippen molar-refractivity contribution < 1.29 is 0 Å². The molecule has 2 heterocycles. The van der Waals surface area contributed by atoms with E-state index in [1.807, 2.05) is 18.3 Å². The molecule has 0 aliphatic rings. The van der Waals surface area contributed by atoms with Crippen molar-refractivity contribution in [3.8, 4) is 0 Å². The maximum absolute atomic E-state index is 4.87. The van der Waals surface area contributed by atoms with Gasteiger partial charge in [0.05, 0.1) is 11.4 Å². The highest BCUT2D eigenvalue weighted by molar-refractivity contribution is 5.16. The van der Waals surface area contributed by atoms with Gasteiger partial charge in [0.25, 0.3) is 0 Å². The molecule has 3 rings (SSSR count). The summed E-state index contributed by atoms with van der Waals surface area (Å²) >= 11 is 0. The van der Waals surface area contributed by atoms with E-state index in [0.717, 1.165) is 37.4 Å². The van der Waals surface area contributed by atoms with Crippen molar-refractivity contribution in [1.82, 2.24) is 14.9 Å². The first-order valence-corrected chi connectivity index (χ1v) is 9.30. The Morgan fingerprint density at radius 3 is 2.15 bits per heavy atom. The lowest BCUT2D eigenvalue weighted by Crippen LogP contribution is -2.23. The summed E-state index contributed by atoms with van der Waals surface area (Å²) in [5, 5.41) is 0. The van der Waals surface area contributed by atoms with Gasteiger partial charge in [-0.25, -0.2) is 0 Å². The molecule has 2 aromatic heterocycles. The fourth-order valence-corrected chi connectivity index (χ4v) is 3.11. The zero-order valence-electron chi connectivity index (χ0n) is 15.7. The Kier molecular flexibility index (Phi) is 6.50. The fourth-order valence-electron chi connectivity index (χ4n) is 3.11. The first-order chi connectivity index (χ1) is 12.7. The zero-order chi connectivity index (χ0) is 18.2. The molecular formula is C23H27N3. The number of benzene rings is 1. The molecule has 0 atom stereocenters. The molecule has 0 bridgehead atoms. The summed E-state index contributed by atoms with van der Waals surface area (Å²) < 4.78 is 0. The van der Waals surface area contributed by atoms with Crippen molar-refractivity contribution in [1.29, 1.82) is 0 Å². The van der Waals surface area contributed by atoms with Crippen LogP contribution in [-0.2, 0) is 26.1 Å². The van der Waals surface area contributed by atoms with Gasteiger partial charge < -0.3 is 0 Å². The van der Waals surface area contributed by atoms with E-state index < -0.39 is 0 Å². The average Bonchev–Trinajstić information content (AvgIpc) is 2.63. The lowest BCUT2D eigenvalue weighted by molar-refractivity contribution is 0.241. The van der Waals surface area contributed by atoms with Crippen molar-refractivity contribution in [2.45, 2.75) is 39.9 Å². The minimum atomic E-state index is 0.617. The first-order valence-electron chi connectivity index (χ1n) is 9.30. The first kappa shape index (κ1) is 18.3. The number of nitrogens with zero attached hydrogens (tertiary/aromatic N) is 3. The van der Waals surface area contributed by atoms with Crippen LogP contribution >= 0.6 is 0 Å². The van der Waals surface area contributed by atoms with Gasteiger partial charge in [0, 0.05) is 31.5 Å². The monoisotopic (exact) mass is 345 g/mol. The Morgan fingerprint density at radius 2 is 1.42 bits per heavy atom. The minimum Gasteiger partial charge on any atom is -0.287 e. The number of hydrogen-bond donors (Lipinski definition) is 0. The Morgan fingerprint density at radius 1 is 0.731 bits per heavy atom. The van der Waals surface area contributed by atoms with Gasteiger partial charge in [-0.15, -0.1) is 0 Å². The van der Waals surface area contributed by atoms with Crippen molar-refractivity contribution in [3.63, 3.8) is 0 Å². The summed E-state index contributed by atoms with van der Waals surface area (Å²) in [6, 6.07) is 23.1. The van der Waals surface area contributed by atoms with E-state index in [-0.39, 0.29) is 0 Å². The van der Waals surface area contributed by atoms with Gasteiger partial charge in [0.15, 0.2) is 0 Å². The Bertz CT molecular complexity index is 743. The molecule has 0 radical (unpaired) electrons. The highest BCUT2D eigenvalue weighted by Crippen LogP contribution is 2.13. The second kappa shape index (κ2) is 9.25. The summed E-state index contributed by atoms with van der Waals surface area (Å²) in [5.41, 5.74) is 4.69. The SMILES string of the molecule is CC(C)Cc1cccc(CN(Cc2ccccc2)Cc2ccccn2)n1. The molecule has 0 unspecified atom stereocenters. The third kappa shape index (κ3) is 5.78. The predicted octanol–water partition coefficient (Wildman–Crippen LogP) is 4.88. The van der Waals surface area contributed by atoms with E-state index in [0.29, 0.717) is 5.92 Å². The topological polar surface area (TPSA) is 29.0 Å². The lowest BCUT2D eigenvalue weighted by Gasteiger charge is -2.22. The molecule has 26 heavy (non-hydrogen) atoms. The number of pyridine rings is 2. The molecule has 0 saturated carbocycles. The molecule has 3 heteroatoms. The molecule has 0 fully saturated rings. The second-order valence-electron chi connectivity index (χ2n) is 7.17. The third-order valence-corrected chi connectivity index (χ3v) is 4.23. The van der Waals surface area contributed by atoms with E-state index in [1.54, 1.807) is 0 Å². The van der Waals surface area contributed by atoms with Crippen molar-refractivity contribution in [2.75, 3.05) is 0 Å². The quantitative estimate of drug-likeness (QED) is 0.583. The van der Waals surface area contributed by atoms with Crippen LogP contribution in [0.5, 0.6) is 0 Å². The summed E-state index contributed by atoms with van der Waals surface area (Å²) in [7, 11) is 0. The highest BCUT2D eigenvalue weighted by Gasteiger charge is 2.11. The molecule has 0 amide bonds. The molecule has 134 valence electrons. The number of rotatable bonds is 8. The van der Waals surface area contributed by atoms with Crippen LogP contribution in [0, 0.1) is 5.92 Å². The maximum Gasteiger partial charge on any atom is 0.0547 e. The molecule has 0 spiro atoms. The largest absolute Gasteiger partial charge is 0.287 e. The summed E-state index contributed by atoms with van der Waals surface area (Å²) in [5.74, 6) is 0.617. The van der Waals surface area contributed by atoms with Gasteiger partial charge in [0.1, 0.15) is 0 Å². The molecule has 0 aliphatic heterocycles. The average molecular weight is 345 g/mol. The van der Waals surface area contributed by atoms with Gasteiger partial charge >= 0.3 is 0 Å². The molecule has 1 aromatic carbocycles. The summed E-state index contributed by atoms with van der Waals surface area (Å²) in [6.45, 7) is 6.98. The van der Waals surface area contributed by atoms with Crippen molar-refractivity contribution >= 4 is 0 Å². The number of aromatic nitrogens is 2. The molecule has 0 saturated heterocycles. The van der Waals surface area contributed by atoms with Crippen LogP contribution in [0.1, 0.15) is 36.5 Å². The predicted molar refractivity (Wildman–Crippen MR) is 106 cm³/mol. The second-order valence-corrected chi connectivity index (χ2v) is 7.17. The van der Waals surface area contributed by atoms with E-state index in [2.05, 4.69) is 78.3 Å². The normalized spacial score (nSPS) is 11.2. The minimum absolute atomic E-state index is 0.617. The van der Waals surface area contributed by atoms with Crippen LogP contribution < -0.4 is 0 Å². The van der Waals surface area contributed by atoms with Gasteiger partial charge in [-0.3, -0.25) is 14.9 Å². The lowest BCUT2D eigenvalue weighted by atomic mass is 10.1. The van der Waals surface area contributed by atoms with Crippen LogP contribution in [0.25, 0.3) is 0 Å².